The topological polar surface area (TPSA) is 96.0 Å². The molecule has 1 heterocycles. The van der Waals surface area contributed by atoms with E-state index < -0.39 is 54.0 Å². The van der Waals surface area contributed by atoms with Crippen LogP contribution in [0.4, 0.5) is 0 Å². The number of ether oxygens (including phenoxy) is 3. The molecule has 0 bridgehead atoms. The van der Waals surface area contributed by atoms with Gasteiger partial charge in [0.25, 0.3) is 0 Å². The molecular formula is C27H38O7. The summed E-state index contributed by atoms with van der Waals surface area (Å²) in [6.07, 6.45) is 10.1. The number of hydrogen-bond donors (Lipinski definition) is 0. The maximum atomic E-state index is 12.6. The van der Waals surface area contributed by atoms with Crippen LogP contribution in [0.5, 0.6) is 0 Å². The van der Waals surface area contributed by atoms with Crippen molar-refractivity contribution in [3.8, 4) is 0 Å². The Morgan fingerprint density at radius 3 is 2.29 bits per heavy atom. The fraction of sp³-hybridized carbons (Fsp3) is 0.556. The fourth-order valence-corrected chi connectivity index (χ4v) is 3.69. The lowest BCUT2D eigenvalue weighted by atomic mass is 9.90. The normalized spacial score (nSPS) is 21.3. The first kappa shape index (κ1) is 29.4. The van der Waals surface area contributed by atoms with Gasteiger partial charge in [-0.1, -0.05) is 30.4 Å². The molecule has 34 heavy (non-hydrogen) atoms. The summed E-state index contributed by atoms with van der Waals surface area (Å²) in [5.41, 5.74) is 0. The van der Waals surface area contributed by atoms with Crippen LogP contribution in [0.25, 0.3) is 0 Å². The van der Waals surface area contributed by atoms with E-state index >= 15 is 0 Å². The first-order chi connectivity index (χ1) is 16.0. The van der Waals surface area contributed by atoms with Crippen molar-refractivity contribution >= 4 is 23.3 Å². The summed E-state index contributed by atoms with van der Waals surface area (Å²) in [7, 11) is 0. The minimum absolute atomic E-state index is 0.0608. The molecule has 7 nitrogen and oxygen atoms in total. The molecule has 188 valence electrons. The van der Waals surface area contributed by atoms with Crippen molar-refractivity contribution in [3.05, 3.63) is 49.6 Å². The minimum Gasteiger partial charge on any atom is -0.462 e. The Labute approximate surface area is 202 Å². The summed E-state index contributed by atoms with van der Waals surface area (Å²) in [5.74, 6) is -3.97. The van der Waals surface area contributed by atoms with E-state index in [2.05, 4.69) is 13.2 Å². The zero-order valence-corrected chi connectivity index (χ0v) is 20.8. The summed E-state index contributed by atoms with van der Waals surface area (Å²) in [4.78, 5) is 49.3. The number of carbonyl (C=O) groups excluding carboxylic acids is 4. The van der Waals surface area contributed by atoms with E-state index in [9.17, 15) is 19.2 Å². The number of hydrogen-bond acceptors (Lipinski definition) is 7. The Morgan fingerprint density at radius 2 is 1.68 bits per heavy atom. The van der Waals surface area contributed by atoms with Gasteiger partial charge in [0.15, 0.2) is 23.1 Å². The first-order valence-corrected chi connectivity index (χ1v) is 11.7. The molecule has 1 aliphatic heterocycles. The Morgan fingerprint density at radius 1 is 1.03 bits per heavy atom. The van der Waals surface area contributed by atoms with Crippen LogP contribution in [-0.4, -0.2) is 47.4 Å². The largest absolute Gasteiger partial charge is 0.462 e. The quantitative estimate of drug-likeness (QED) is 0.139. The summed E-state index contributed by atoms with van der Waals surface area (Å²) in [6.45, 7) is 14.5. The zero-order valence-electron chi connectivity index (χ0n) is 20.8. The van der Waals surface area contributed by atoms with Crippen LogP contribution in [-0.2, 0) is 33.4 Å². The van der Waals surface area contributed by atoms with E-state index in [1.54, 1.807) is 19.1 Å². The summed E-state index contributed by atoms with van der Waals surface area (Å²) in [6, 6.07) is 0. The number of rotatable bonds is 16. The average Bonchev–Trinajstić information content (AvgIpc) is 3.02. The van der Waals surface area contributed by atoms with Gasteiger partial charge >= 0.3 is 5.97 Å². The van der Waals surface area contributed by atoms with Gasteiger partial charge in [0, 0.05) is 6.42 Å². The molecule has 0 saturated carbocycles. The van der Waals surface area contributed by atoms with Crippen LogP contribution in [0.2, 0.25) is 0 Å². The second-order valence-electron chi connectivity index (χ2n) is 8.80. The van der Waals surface area contributed by atoms with E-state index in [1.165, 1.54) is 12.2 Å². The van der Waals surface area contributed by atoms with E-state index in [0.29, 0.717) is 19.3 Å². The lowest BCUT2D eigenvalue weighted by Crippen LogP contribution is -2.28. The molecule has 0 aromatic carbocycles. The van der Waals surface area contributed by atoms with Gasteiger partial charge in [-0.2, -0.15) is 0 Å². The van der Waals surface area contributed by atoms with E-state index in [1.807, 2.05) is 32.9 Å². The minimum atomic E-state index is -1.09. The third-order valence-corrected chi connectivity index (χ3v) is 5.20. The van der Waals surface area contributed by atoms with Crippen molar-refractivity contribution in [2.45, 2.75) is 90.3 Å². The molecule has 0 aromatic rings. The fourth-order valence-electron chi connectivity index (χ4n) is 3.69. The van der Waals surface area contributed by atoms with Crippen LogP contribution in [0.1, 0.15) is 66.2 Å². The molecule has 7 heteroatoms. The predicted octanol–water partition coefficient (Wildman–Crippen LogP) is 4.61. The highest BCUT2D eigenvalue weighted by atomic mass is 16.7. The van der Waals surface area contributed by atoms with Crippen LogP contribution >= 0.6 is 0 Å². The second kappa shape index (κ2) is 14.6. The number of allylic oxidation sites excluding steroid dienone is 4. The lowest BCUT2D eigenvalue weighted by molar-refractivity contribution is -0.151. The molecule has 0 spiro atoms. The zero-order chi connectivity index (χ0) is 25.7. The Kier molecular flexibility index (Phi) is 12.6. The Bertz CT molecular complexity index is 806. The third-order valence-electron chi connectivity index (χ3n) is 5.20. The van der Waals surface area contributed by atoms with Crippen LogP contribution in [0.15, 0.2) is 49.6 Å². The molecule has 1 fully saturated rings. The summed E-state index contributed by atoms with van der Waals surface area (Å²) >= 11 is 0. The van der Waals surface area contributed by atoms with Gasteiger partial charge < -0.3 is 14.2 Å². The smallest absolute Gasteiger partial charge is 0.313 e. The third kappa shape index (κ3) is 10.5. The molecular weight excluding hydrogens is 436 g/mol. The van der Waals surface area contributed by atoms with Gasteiger partial charge in [-0.15, -0.1) is 13.2 Å². The number of ketones is 3. The van der Waals surface area contributed by atoms with Gasteiger partial charge in [0.2, 0.25) is 0 Å². The van der Waals surface area contributed by atoms with Crippen molar-refractivity contribution < 1.29 is 33.4 Å². The van der Waals surface area contributed by atoms with Crippen LogP contribution in [0, 0.1) is 5.92 Å². The highest BCUT2D eigenvalue weighted by Gasteiger charge is 2.39. The molecule has 1 unspecified atom stereocenters. The van der Waals surface area contributed by atoms with Gasteiger partial charge in [-0.25, -0.2) is 0 Å². The van der Waals surface area contributed by atoms with Crippen molar-refractivity contribution in [2.75, 3.05) is 0 Å². The van der Waals surface area contributed by atoms with Crippen molar-refractivity contribution in [3.63, 3.8) is 0 Å². The maximum Gasteiger partial charge on any atom is 0.313 e. The maximum absolute atomic E-state index is 12.6. The van der Waals surface area contributed by atoms with Crippen molar-refractivity contribution in [1.29, 1.82) is 0 Å². The molecule has 0 N–H and O–H groups in total. The van der Waals surface area contributed by atoms with E-state index in [-0.39, 0.29) is 18.6 Å². The Hall–Kier alpha value is -2.64. The highest BCUT2D eigenvalue weighted by molar-refractivity contribution is 6.14. The number of esters is 1. The van der Waals surface area contributed by atoms with E-state index in [4.69, 9.17) is 14.2 Å². The summed E-state index contributed by atoms with van der Waals surface area (Å²) < 4.78 is 16.9. The predicted molar refractivity (Wildman–Crippen MR) is 130 cm³/mol. The molecule has 0 amide bonds. The highest BCUT2D eigenvalue weighted by Crippen LogP contribution is 2.31. The van der Waals surface area contributed by atoms with Gasteiger partial charge in [0.1, 0.15) is 18.6 Å². The van der Waals surface area contributed by atoms with Gasteiger partial charge in [-0.05, 0) is 53.0 Å². The first-order valence-electron chi connectivity index (χ1n) is 11.7. The molecule has 1 rings (SSSR count). The van der Waals surface area contributed by atoms with Gasteiger partial charge in [-0.3, -0.25) is 19.2 Å². The van der Waals surface area contributed by atoms with Gasteiger partial charge in [0.05, 0.1) is 18.4 Å². The molecule has 0 radical (unpaired) electrons. The number of carbonyl (C=O) groups is 4. The molecule has 1 aliphatic rings. The molecule has 1 saturated heterocycles. The van der Waals surface area contributed by atoms with Crippen LogP contribution < -0.4 is 0 Å². The average molecular weight is 475 g/mol. The van der Waals surface area contributed by atoms with E-state index in [0.717, 1.165) is 0 Å². The molecule has 4 atom stereocenters. The molecule has 0 aliphatic carbocycles. The van der Waals surface area contributed by atoms with Crippen molar-refractivity contribution in [1.82, 2.24) is 0 Å². The van der Waals surface area contributed by atoms with Crippen LogP contribution in [0.3, 0.4) is 0 Å². The molecule has 0 aromatic heterocycles. The Balaban J connectivity index is 2.57. The lowest BCUT2D eigenvalue weighted by Gasteiger charge is -2.16. The van der Waals surface area contributed by atoms with Crippen molar-refractivity contribution in [2.24, 2.45) is 5.92 Å². The monoisotopic (exact) mass is 474 g/mol. The standard InChI is InChI=1S/C27H38O7/c1-7-12-19(4)32-26(31)18-23(30)21(13-8-2)22(29)17-20(28)15-10-11-16-25-24(14-9-3)33-27(5,6)34-25/h7-10,14-15,19,21,24-25H,1-2,11-13,16-18H2,3-6H3/b14-9+,15-10+/t19-,21?,24+,25-/m0/s1. The second-order valence-corrected chi connectivity index (χ2v) is 8.80. The number of Topliss-reactive ketones (excluding diaryl/α,β-unsaturated/α-hetero) is 2. The SMILES string of the molecule is C=CCC(C(=O)CC(=O)/C=C/CC[C@@H]1OC(C)(C)O[C@@H]1/C=C/C)C(=O)CC(=O)O[C@@H](C)CC=C. The summed E-state index contributed by atoms with van der Waals surface area (Å²) in [5, 5.41) is 0.